The van der Waals surface area contributed by atoms with Gasteiger partial charge in [-0.1, -0.05) is 31.0 Å². The highest BCUT2D eigenvalue weighted by Crippen LogP contribution is 2.24. The predicted octanol–water partition coefficient (Wildman–Crippen LogP) is 1.77. The number of aliphatic hydroxyl groups is 1. The van der Waals surface area contributed by atoms with Gasteiger partial charge in [0.05, 0.1) is 12.6 Å². The zero-order chi connectivity index (χ0) is 16.8. The van der Waals surface area contributed by atoms with Crippen LogP contribution in [0.2, 0.25) is 0 Å². The maximum Gasteiger partial charge on any atom is 0.254 e. The summed E-state index contributed by atoms with van der Waals surface area (Å²) in [6.07, 6.45) is 3.62. The standard InChI is InChI=1S/C18H26N2O3/c1-19(12-15-10-6-7-11-16(15)21)17(22)13-20(2)18(23)14-8-4-3-5-9-14/h3-5,8-9,15-16,21H,6-7,10-13H2,1-2H3. The van der Waals surface area contributed by atoms with Crippen molar-refractivity contribution < 1.29 is 14.7 Å². The Bertz CT molecular complexity index is 532. The van der Waals surface area contributed by atoms with Crippen LogP contribution in [0, 0.1) is 5.92 Å². The number of hydrogen-bond acceptors (Lipinski definition) is 3. The molecule has 1 saturated carbocycles. The number of amides is 2. The number of carbonyl (C=O) groups is 2. The Balaban J connectivity index is 1.86. The first-order valence-electron chi connectivity index (χ1n) is 8.21. The van der Waals surface area contributed by atoms with E-state index < -0.39 is 0 Å². The largest absolute Gasteiger partial charge is 0.393 e. The van der Waals surface area contributed by atoms with Gasteiger partial charge >= 0.3 is 0 Å². The lowest BCUT2D eigenvalue weighted by molar-refractivity contribution is -0.131. The summed E-state index contributed by atoms with van der Waals surface area (Å²) in [5, 5.41) is 10.0. The Morgan fingerprint density at radius 2 is 1.74 bits per heavy atom. The van der Waals surface area contributed by atoms with Crippen LogP contribution in [0.15, 0.2) is 30.3 Å². The molecule has 23 heavy (non-hydrogen) atoms. The van der Waals surface area contributed by atoms with Crippen LogP contribution in [-0.4, -0.2) is 60.0 Å². The van der Waals surface area contributed by atoms with Gasteiger partial charge in [0.2, 0.25) is 5.91 Å². The normalized spacial score (nSPS) is 20.8. The van der Waals surface area contributed by atoms with Crippen molar-refractivity contribution in [3.63, 3.8) is 0 Å². The van der Waals surface area contributed by atoms with E-state index in [1.807, 2.05) is 6.07 Å². The van der Waals surface area contributed by atoms with Crippen LogP contribution < -0.4 is 0 Å². The second-order valence-electron chi connectivity index (χ2n) is 6.41. The predicted molar refractivity (Wildman–Crippen MR) is 89.0 cm³/mol. The van der Waals surface area contributed by atoms with Crippen molar-refractivity contribution in [3.8, 4) is 0 Å². The quantitative estimate of drug-likeness (QED) is 0.900. The molecule has 0 saturated heterocycles. The summed E-state index contributed by atoms with van der Waals surface area (Å²) in [6.45, 7) is 0.598. The molecule has 0 radical (unpaired) electrons. The number of rotatable bonds is 5. The van der Waals surface area contributed by atoms with Gasteiger partial charge in [-0.25, -0.2) is 0 Å². The first kappa shape index (κ1) is 17.5. The Morgan fingerprint density at radius 3 is 2.39 bits per heavy atom. The molecule has 5 heteroatoms. The van der Waals surface area contributed by atoms with E-state index in [0.717, 1.165) is 25.7 Å². The fourth-order valence-corrected chi connectivity index (χ4v) is 3.05. The third-order valence-corrected chi connectivity index (χ3v) is 4.54. The van der Waals surface area contributed by atoms with Crippen molar-refractivity contribution >= 4 is 11.8 Å². The monoisotopic (exact) mass is 318 g/mol. The molecule has 5 nitrogen and oxygen atoms in total. The number of aliphatic hydroxyl groups excluding tert-OH is 1. The molecular formula is C18H26N2O3. The zero-order valence-electron chi connectivity index (χ0n) is 13.9. The summed E-state index contributed by atoms with van der Waals surface area (Å²) in [5.41, 5.74) is 0.577. The fraction of sp³-hybridized carbons (Fsp3) is 0.556. The van der Waals surface area contributed by atoms with E-state index >= 15 is 0 Å². The maximum atomic E-state index is 12.3. The molecule has 126 valence electrons. The first-order chi connectivity index (χ1) is 11.0. The van der Waals surface area contributed by atoms with Crippen molar-refractivity contribution in [3.05, 3.63) is 35.9 Å². The van der Waals surface area contributed by atoms with Gasteiger partial charge in [0.15, 0.2) is 0 Å². The Hall–Kier alpha value is -1.88. The molecule has 1 aliphatic carbocycles. The summed E-state index contributed by atoms with van der Waals surface area (Å²) in [6, 6.07) is 8.95. The minimum Gasteiger partial charge on any atom is -0.393 e. The third-order valence-electron chi connectivity index (χ3n) is 4.54. The second-order valence-corrected chi connectivity index (χ2v) is 6.41. The van der Waals surface area contributed by atoms with Crippen LogP contribution in [0.5, 0.6) is 0 Å². The molecule has 2 amide bonds. The average molecular weight is 318 g/mol. The summed E-state index contributed by atoms with van der Waals surface area (Å²) >= 11 is 0. The second kappa shape index (κ2) is 8.11. The van der Waals surface area contributed by atoms with Crippen molar-refractivity contribution in [2.75, 3.05) is 27.2 Å². The topological polar surface area (TPSA) is 60.9 Å². The average Bonchev–Trinajstić information content (AvgIpc) is 2.56. The zero-order valence-corrected chi connectivity index (χ0v) is 13.9. The molecule has 0 heterocycles. The van der Waals surface area contributed by atoms with Crippen molar-refractivity contribution in [1.82, 2.24) is 9.80 Å². The van der Waals surface area contributed by atoms with Gasteiger partial charge in [-0.05, 0) is 25.0 Å². The van der Waals surface area contributed by atoms with Gasteiger partial charge in [-0.15, -0.1) is 0 Å². The smallest absolute Gasteiger partial charge is 0.254 e. The molecule has 0 aromatic heterocycles. The molecular weight excluding hydrogens is 292 g/mol. The van der Waals surface area contributed by atoms with Crippen molar-refractivity contribution in [2.24, 2.45) is 5.92 Å². The summed E-state index contributed by atoms with van der Waals surface area (Å²) in [5.74, 6) is -0.118. The van der Waals surface area contributed by atoms with E-state index in [4.69, 9.17) is 0 Å². The minimum absolute atomic E-state index is 0.0487. The summed E-state index contributed by atoms with van der Waals surface area (Å²) in [4.78, 5) is 27.6. The summed E-state index contributed by atoms with van der Waals surface area (Å²) in [7, 11) is 3.38. The van der Waals surface area contributed by atoms with Crippen LogP contribution in [0.4, 0.5) is 0 Å². The fourth-order valence-electron chi connectivity index (χ4n) is 3.05. The number of nitrogens with zero attached hydrogens (tertiary/aromatic N) is 2. The Kier molecular flexibility index (Phi) is 6.16. The highest BCUT2D eigenvalue weighted by Gasteiger charge is 2.26. The SMILES string of the molecule is CN(CC1CCCCC1O)C(=O)CN(C)C(=O)c1ccccc1. The Morgan fingerprint density at radius 1 is 1.09 bits per heavy atom. The van der Waals surface area contributed by atoms with Crippen molar-refractivity contribution in [1.29, 1.82) is 0 Å². The van der Waals surface area contributed by atoms with E-state index in [1.54, 1.807) is 43.3 Å². The van der Waals surface area contributed by atoms with E-state index in [2.05, 4.69) is 0 Å². The lowest BCUT2D eigenvalue weighted by Crippen LogP contribution is -2.43. The number of likely N-dealkylation sites (N-methyl/N-ethyl adjacent to an activating group) is 2. The van der Waals surface area contributed by atoms with Crippen LogP contribution in [0.25, 0.3) is 0 Å². The van der Waals surface area contributed by atoms with Crippen molar-refractivity contribution in [2.45, 2.75) is 31.8 Å². The van der Waals surface area contributed by atoms with E-state index in [1.165, 1.54) is 4.90 Å². The molecule has 2 unspecified atom stereocenters. The van der Waals surface area contributed by atoms with E-state index in [0.29, 0.717) is 12.1 Å². The molecule has 0 aliphatic heterocycles. The van der Waals surface area contributed by atoms with Gasteiger partial charge in [-0.2, -0.15) is 0 Å². The molecule has 0 spiro atoms. The third kappa shape index (κ3) is 4.79. The van der Waals surface area contributed by atoms with Crippen LogP contribution >= 0.6 is 0 Å². The van der Waals surface area contributed by atoms with Gasteiger partial charge in [0, 0.05) is 32.1 Å². The minimum atomic E-state index is -0.317. The molecule has 1 fully saturated rings. The first-order valence-corrected chi connectivity index (χ1v) is 8.21. The van der Waals surface area contributed by atoms with Crippen LogP contribution in [-0.2, 0) is 4.79 Å². The molecule has 1 aromatic carbocycles. The van der Waals surface area contributed by atoms with E-state index in [9.17, 15) is 14.7 Å². The molecule has 1 aliphatic rings. The highest BCUT2D eigenvalue weighted by molar-refractivity contribution is 5.96. The van der Waals surface area contributed by atoms with Crippen LogP contribution in [0.1, 0.15) is 36.0 Å². The molecule has 2 atom stereocenters. The van der Waals surface area contributed by atoms with E-state index in [-0.39, 0.29) is 30.4 Å². The van der Waals surface area contributed by atoms with Gasteiger partial charge in [0.25, 0.3) is 5.91 Å². The molecule has 1 aromatic rings. The lowest BCUT2D eigenvalue weighted by Gasteiger charge is -2.31. The van der Waals surface area contributed by atoms with Crippen LogP contribution in [0.3, 0.4) is 0 Å². The Labute approximate surface area is 137 Å². The number of benzene rings is 1. The van der Waals surface area contributed by atoms with Gasteiger partial charge in [0.1, 0.15) is 0 Å². The molecule has 2 rings (SSSR count). The maximum absolute atomic E-state index is 12.3. The summed E-state index contributed by atoms with van der Waals surface area (Å²) < 4.78 is 0. The molecule has 0 bridgehead atoms. The molecule has 1 N–H and O–H groups in total. The number of carbonyl (C=O) groups excluding carboxylic acids is 2. The number of hydrogen-bond donors (Lipinski definition) is 1. The lowest BCUT2D eigenvalue weighted by atomic mass is 9.86. The van der Waals surface area contributed by atoms with Gasteiger partial charge < -0.3 is 14.9 Å². The van der Waals surface area contributed by atoms with Gasteiger partial charge in [-0.3, -0.25) is 9.59 Å². The highest BCUT2D eigenvalue weighted by atomic mass is 16.3.